The fourth-order valence-electron chi connectivity index (χ4n) is 0.0167. The van der Waals surface area contributed by atoms with E-state index in [1.165, 1.54) is 0 Å². The lowest BCUT2D eigenvalue weighted by Crippen LogP contribution is -1.48. The molecule has 5 heavy (non-hydrogen) atoms. The third kappa shape index (κ3) is 3.53. The van der Waals surface area contributed by atoms with Gasteiger partial charge in [-0.2, -0.15) is 0 Å². The van der Waals surface area contributed by atoms with Crippen LogP contribution in [0.1, 0.15) is 0 Å². The molecule has 0 bridgehead atoms. The van der Waals surface area contributed by atoms with Crippen LogP contribution in [0.2, 0.25) is 0 Å². The van der Waals surface area contributed by atoms with E-state index in [4.69, 9.17) is 4.79 Å². The van der Waals surface area contributed by atoms with E-state index >= 15 is 0 Å². The van der Waals surface area contributed by atoms with Gasteiger partial charge in [0.15, 0.2) is 0 Å². The summed E-state index contributed by atoms with van der Waals surface area (Å²) in [5.74, 6) is 0. The predicted molar refractivity (Wildman–Crippen MR) is 18.2 cm³/mol. The minimum absolute atomic E-state index is 1.09. The van der Waals surface area contributed by atoms with Crippen LogP contribution in [0.3, 0.4) is 0 Å². The first kappa shape index (κ1) is 4.53. The Morgan fingerprint density at radius 3 is 2.60 bits per heavy atom. The normalized spacial score (nSPS) is 5.00. The summed E-state index contributed by atoms with van der Waals surface area (Å²) in [6, 6.07) is 0. The van der Waals surface area contributed by atoms with E-state index in [-0.39, 0.29) is 0 Å². The zero-order chi connectivity index (χ0) is 4.12. The number of thiol groups is 1. The first-order valence-corrected chi connectivity index (χ1v) is 1.16. The van der Waals surface area contributed by atoms with Crippen molar-refractivity contribution in [2.75, 3.05) is 0 Å². The summed E-state index contributed by atoms with van der Waals surface area (Å²) >= 11 is 3.07. The first-order chi connectivity index (χ1) is 2.41. The van der Waals surface area contributed by atoms with Crippen LogP contribution in [-0.2, 0) is 9.08 Å². The Balaban J connectivity index is 2.93. The molecule has 0 aromatic rings. The van der Waals surface area contributed by atoms with Gasteiger partial charge in [0.25, 0.3) is 6.08 Å². The maximum atomic E-state index is 8.94. The van der Waals surface area contributed by atoms with E-state index < -0.39 is 0 Å². The van der Waals surface area contributed by atoms with Gasteiger partial charge in [-0.25, -0.2) is 4.79 Å². The van der Waals surface area contributed by atoms with Crippen molar-refractivity contribution in [3.8, 4) is 0 Å². The van der Waals surface area contributed by atoms with Crippen LogP contribution >= 0.6 is 12.9 Å². The van der Waals surface area contributed by atoms with Gasteiger partial charge >= 0.3 is 0 Å². The first-order valence-electron chi connectivity index (χ1n) is 0.793. The average Bonchev–Trinajstić information content (AvgIpc) is 1.41. The Morgan fingerprint density at radius 1 is 2.00 bits per heavy atom. The monoisotopic (exact) mass is 91.0 g/mol. The maximum Gasteiger partial charge on any atom is 0.277 e. The molecule has 0 aromatic carbocycles. The van der Waals surface area contributed by atoms with Crippen LogP contribution < -0.4 is 0 Å². The Bertz CT molecular complexity index is 56.7. The van der Waals surface area contributed by atoms with Crippen LogP contribution in [0.4, 0.5) is 0 Å². The quantitative estimate of drug-likeness (QED) is 0.163. The fraction of sp³-hybridized carbons (Fsp3) is 0. The molecule has 0 spiro atoms. The molecule has 4 heteroatoms. The summed E-state index contributed by atoms with van der Waals surface area (Å²) in [7, 11) is 0. The SMILES string of the molecule is O=C=NOS. The highest BCUT2D eigenvalue weighted by molar-refractivity contribution is 7.75. The lowest BCUT2D eigenvalue weighted by molar-refractivity contribution is 0.405. The maximum absolute atomic E-state index is 8.94. The summed E-state index contributed by atoms with van der Waals surface area (Å²) in [6.45, 7) is 0. The third-order valence-electron chi connectivity index (χ3n) is 0.0781. The van der Waals surface area contributed by atoms with Crippen LogP contribution in [0.25, 0.3) is 0 Å². The number of hydrogen-bond acceptors (Lipinski definition) is 4. The second kappa shape index (κ2) is 3.53. The lowest BCUT2D eigenvalue weighted by Gasteiger charge is -1.64. The molecule has 0 saturated carbocycles. The van der Waals surface area contributed by atoms with E-state index in [1.54, 1.807) is 0 Å². The number of carbonyl (C=O) groups excluding carboxylic acids is 1. The van der Waals surface area contributed by atoms with Crippen LogP contribution in [0.5, 0.6) is 0 Å². The molecule has 0 N–H and O–H groups in total. The Labute approximate surface area is 34.2 Å². The number of isocyanates is 1. The van der Waals surface area contributed by atoms with Crippen molar-refractivity contribution in [1.82, 2.24) is 0 Å². The Kier molecular flexibility index (Phi) is 3.20. The van der Waals surface area contributed by atoms with E-state index in [9.17, 15) is 0 Å². The van der Waals surface area contributed by atoms with Crippen molar-refractivity contribution in [1.29, 1.82) is 0 Å². The van der Waals surface area contributed by atoms with Gasteiger partial charge in [-0.1, -0.05) is 0 Å². The van der Waals surface area contributed by atoms with Crippen molar-refractivity contribution < 1.29 is 9.08 Å². The summed E-state index contributed by atoms with van der Waals surface area (Å²) < 4.78 is 3.59. The average molecular weight is 91.1 g/mol. The largest absolute Gasteiger partial charge is 0.314 e. The number of hydrogen-bond donors (Lipinski definition) is 1. The van der Waals surface area contributed by atoms with Crippen molar-refractivity contribution in [3.63, 3.8) is 0 Å². The zero-order valence-electron chi connectivity index (χ0n) is 2.21. The third-order valence-corrected chi connectivity index (χ3v) is 0.160. The standard InChI is InChI=1S/CHNO2S/c3-1-2-4-5/h5H. The van der Waals surface area contributed by atoms with E-state index in [2.05, 4.69) is 22.3 Å². The summed E-state index contributed by atoms with van der Waals surface area (Å²) in [6.07, 6.45) is 1.09. The minimum atomic E-state index is 1.09. The van der Waals surface area contributed by atoms with E-state index in [0.717, 1.165) is 6.08 Å². The van der Waals surface area contributed by atoms with Crippen molar-refractivity contribution in [3.05, 3.63) is 0 Å². The molecule has 0 unspecified atom stereocenters. The van der Waals surface area contributed by atoms with Gasteiger partial charge in [0.2, 0.25) is 0 Å². The van der Waals surface area contributed by atoms with Gasteiger partial charge in [0.1, 0.15) is 0 Å². The van der Waals surface area contributed by atoms with Gasteiger partial charge in [0, 0.05) is 5.16 Å². The molecule has 0 rings (SSSR count). The molecule has 0 heterocycles. The van der Waals surface area contributed by atoms with Gasteiger partial charge in [-0.05, 0) is 0 Å². The smallest absolute Gasteiger partial charge is 0.277 e. The molecule has 0 aliphatic heterocycles. The highest BCUT2D eigenvalue weighted by atomic mass is 32.1. The van der Waals surface area contributed by atoms with Gasteiger partial charge in [-0.15, -0.1) is 0 Å². The topological polar surface area (TPSA) is 38.7 Å². The van der Waals surface area contributed by atoms with E-state index in [0.29, 0.717) is 0 Å². The van der Waals surface area contributed by atoms with Gasteiger partial charge < -0.3 is 4.28 Å². The lowest BCUT2D eigenvalue weighted by atomic mass is 11.7. The number of rotatable bonds is 1. The summed E-state index contributed by atoms with van der Waals surface area (Å²) in [5.41, 5.74) is 0. The molecule has 0 saturated heterocycles. The van der Waals surface area contributed by atoms with Crippen molar-refractivity contribution in [2.45, 2.75) is 0 Å². The molecular formula is CHNO2S. The molecule has 0 aromatic heterocycles. The molecule has 3 nitrogen and oxygen atoms in total. The molecule has 0 fully saturated rings. The Hall–Kier alpha value is -0.470. The Morgan fingerprint density at radius 2 is 2.60 bits per heavy atom. The minimum Gasteiger partial charge on any atom is -0.314 e. The fourth-order valence-corrected chi connectivity index (χ4v) is 0.0500. The van der Waals surface area contributed by atoms with Gasteiger partial charge in [0.05, 0.1) is 12.9 Å². The summed E-state index contributed by atoms with van der Waals surface area (Å²) in [4.78, 5) is 8.94. The molecular weight excluding hydrogens is 90.1 g/mol. The molecule has 28 valence electrons. The molecule has 0 atom stereocenters. The second-order valence-corrected chi connectivity index (χ2v) is 0.428. The van der Waals surface area contributed by atoms with Gasteiger partial charge in [-0.3, -0.25) is 0 Å². The summed E-state index contributed by atoms with van der Waals surface area (Å²) in [5, 5.41) is 2.53. The molecule has 0 radical (unpaired) electrons. The van der Waals surface area contributed by atoms with Crippen LogP contribution in [0, 0.1) is 0 Å². The number of nitrogens with zero attached hydrogens (tertiary/aromatic N) is 1. The zero-order valence-corrected chi connectivity index (χ0v) is 3.11. The second-order valence-electron chi connectivity index (χ2n) is 0.264. The molecule has 0 aliphatic carbocycles. The van der Waals surface area contributed by atoms with Crippen LogP contribution in [0.15, 0.2) is 5.16 Å². The highest BCUT2D eigenvalue weighted by Gasteiger charge is 1.49. The predicted octanol–water partition coefficient (Wildman–Crippen LogP) is 0.0986. The molecule has 0 aliphatic rings. The molecule has 0 amide bonds. The van der Waals surface area contributed by atoms with Crippen LogP contribution in [-0.4, -0.2) is 6.08 Å². The van der Waals surface area contributed by atoms with E-state index in [1.807, 2.05) is 0 Å². The van der Waals surface area contributed by atoms with Crippen molar-refractivity contribution >= 4 is 19.0 Å². The van der Waals surface area contributed by atoms with Crippen molar-refractivity contribution in [2.24, 2.45) is 5.16 Å². The highest BCUT2D eigenvalue weighted by Crippen LogP contribution is 1.70.